The second-order valence-corrected chi connectivity index (χ2v) is 6.81. The van der Waals surface area contributed by atoms with Crippen LogP contribution in [0.15, 0.2) is 33.2 Å². The molecule has 2 rings (SSSR count). The molecule has 1 N–H and O–H groups in total. The zero-order valence-electron chi connectivity index (χ0n) is 11.1. The third kappa shape index (κ3) is 4.93. The Labute approximate surface area is 131 Å². The fourth-order valence-corrected chi connectivity index (χ4v) is 3.24. The molecule has 0 spiro atoms. The third-order valence-corrected chi connectivity index (χ3v) is 4.18. The minimum atomic E-state index is 0.659. The number of hydrogen-bond acceptors (Lipinski definition) is 2. The van der Waals surface area contributed by atoms with Crippen molar-refractivity contribution < 1.29 is 4.74 Å². The van der Waals surface area contributed by atoms with Crippen LogP contribution in [0.25, 0.3) is 0 Å². The van der Waals surface area contributed by atoms with Crippen LogP contribution < -0.4 is 10.1 Å². The van der Waals surface area contributed by atoms with E-state index in [0.717, 1.165) is 39.3 Å². The summed E-state index contributed by atoms with van der Waals surface area (Å²) in [4.78, 5) is 0. The van der Waals surface area contributed by atoms with E-state index >= 15 is 0 Å². The highest BCUT2D eigenvalue weighted by Crippen LogP contribution is 2.35. The Bertz CT molecular complexity index is 446. The smallest absolute Gasteiger partial charge is 0.147 e. The van der Waals surface area contributed by atoms with Crippen molar-refractivity contribution in [3.63, 3.8) is 0 Å². The first-order valence-electron chi connectivity index (χ1n) is 6.54. The highest BCUT2D eigenvalue weighted by Gasteiger charge is 2.20. The maximum atomic E-state index is 5.80. The topological polar surface area (TPSA) is 21.3 Å². The van der Waals surface area contributed by atoms with Gasteiger partial charge in [0, 0.05) is 19.0 Å². The van der Waals surface area contributed by atoms with E-state index in [-0.39, 0.29) is 0 Å². The molecule has 0 heterocycles. The average molecular weight is 389 g/mol. The Kier molecular flexibility index (Phi) is 5.48. The molecule has 1 aromatic rings. The van der Waals surface area contributed by atoms with E-state index in [0.29, 0.717) is 6.61 Å². The second kappa shape index (κ2) is 6.91. The van der Waals surface area contributed by atoms with Crippen LogP contribution in [-0.4, -0.2) is 12.6 Å². The maximum absolute atomic E-state index is 5.80. The van der Waals surface area contributed by atoms with Crippen molar-refractivity contribution in [2.45, 2.75) is 38.8 Å². The van der Waals surface area contributed by atoms with Gasteiger partial charge in [-0.3, -0.25) is 0 Å². The van der Waals surface area contributed by atoms with Crippen LogP contribution in [-0.2, 0) is 6.54 Å². The summed E-state index contributed by atoms with van der Waals surface area (Å²) in [7, 11) is 0. The number of ether oxygens (including phenoxy) is 1. The fraction of sp³-hybridized carbons (Fsp3) is 0.467. The van der Waals surface area contributed by atoms with Crippen LogP contribution in [0.1, 0.15) is 31.7 Å². The van der Waals surface area contributed by atoms with E-state index in [2.05, 4.69) is 55.9 Å². The molecule has 4 heteroatoms. The van der Waals surface area contributed by atoms with E-state index in [1.54, 1.807) is 0 Å². The van der Waals surface area contributed by atoms with E-state index in [1.807, 2.05) is 6.92 Å². The predicted octanol–water partition coefficient (Wildman–Crippen LogP) is 4.81. The molecule has 0 radical (unpaired) electrons. The lowest BCUT2D eigenvalue weighted by Crippen LogP contribution is -2.15. The molecule has 0 saturated heterocycles. The van der Waals surface area contributed by atoms with Gasteiger partial charge in [0.1, 0.15) is 5.75 Å². The largest absolute Gasteiger partial charge is 0.491 e. The standard InChI is InChI=1S/C15H19Br2NO/c1-10(2)5-6-19-15-13(16)7-11(8-14(15)17)9-18-12-3-4-12/h7-8,12,18H,1,3-6,9H2,2H3. The summed E-state index contributed by atoms with van der Waals surface area (Å²) in [6, 6.07) is 4.97. The summed E-state index contributed by atoms with van der Waals surface area (Å²) >= 11 is 7.17. The van der Waals surface area contributed by atoms with Crippen molar-refractivity contribution in [1.82, 2.24) is 5.32 Å². The highest BCUT2D eigenvalue weighted by molar-refractivity contribution is 9.11. The number of hydrogen-bond donors (Lipinski definition) is 1. The molecule has 1 aliphatic carbocycles. The molecular weight excluding hydrogens is 370 g/mol. The molecule has 0 bridgehead atoms. The molecule has 1 aliphatic rings. The zero-order chi connectivity index (χ0) is 13.8. The number of rotatable bonds is 7. The molecule has 0 unspecified atom stereocenters. The number of nitrogens with one attached hydrogen (secondary N) is 1. The first-order chi connectivity index (χ1) is 9.06. The quantitative estimate of drug-likeness (QED) is 0.676. The first-order valence-corrected chi connectivity index (χ1v) is 8.13. The molecule has 104 valence electrons. The molecule has 0 aromatic heterocycles. The van der Waals surface area contributed by atoms with Crippen LogP contribution in [0, 0.1) is 0 Å². The van der Waals surface area contributed by atoms with Crippen molar-refractivity contribution in [3.05, 3.63) is 38.8 Å². The van der Waals surface area contributed by atoms with Crippen molar-refractivity contribution in [2.75, 3.05) is 6.61 Å². The molecular formula is C15H19Br2NO. The van der Waals surface area contributed by atoms with Gasteiger partial charge in [0.05, 0.1) is 15.6 Å². The SMILES string of the molecule is C=C(C)CCOc1c(Br)cc(CNC2CC2)cc1Br. The molecule has 0 aliphatic heterocycles. The Morgan fingerprint density at radius 3 is 2.53 bits per heavy atom. The third-order valence-electron chi connectivity index (χ3n) is 3.01. The summed E-state index contributed by atoms with van der Waals surface area (Å²) in [6.45, 7) is 7.46. The molecule has 2 nitrogen and oxygen atoms in total. The predicted molar refractivity (Wildman–Crippen MR) is 86.6 cm³/mol. The van der Waals surface area contributed by atoms with Crippen molar-refractivity contribution in [1.29, 1.82) is 0 Å². The fourth-order valence-electron chi connectivity index (χ4n) is 1.73. The van der Waals surface area contributed by atoms with Gasteiger partial charge in [-0.05, 0) is 69.3 Å². The van der Waals surface area contributed by atoms with Crippen LogP contribution in [0.4, 0.5) is 0 Å². The van der Waals surface area contributed by atoms with E-state index in [4.69, 9.17) is 4.74 Å². The van der Waals surface area contributed by atoms with Crippen LogP contribution >= 0.6 is 31.9 Å². The molecule has 0 atom stereocenters. The second-order valence-electron chi connectivity index (χ2n) is 5.10. The lowest BCUT2D eigenvalue weighted by molar-refractivity contribution is 0.317. The van der Waals surface area contributed by atoms with Gasteiger partial charge in [-0.1, -0.05) is 5.57 Å². The molecule has 19 heavy (non-hydrogen) atoms. The van der Waals surface area contributed by atoms with Crippen LogP contribution in [0.5, 0.6) is 5.75 Å². The van der Waals surface area contributed by atoms with E-state index < -0.39 is 0 Å². The summed E-state index contributed by atoms with van der Waals surface area (Å²) in [5.41, 5.74) is 2.40. The van der Waals surface area contributed by atoms with Gasteiger partial charge in [-0.15, -0.1) is 6.58 Å². The van der Waals surface area contributed by atoms with Gasteiger partial charge < -0.3 is 10.1 Å². The Morgan fingerprint density at radius 1 is 1.37 bits per heavy atom. The Morgan fingerprint density at radius 2 is 2.00 bits per heavy atom. The van der Waals surface area contributed by atoms with Crippen LogP contribution in [0.2, 0.25) is 0 Å². The molecule has 1 aromatic carbocycles. The first kappa shape index (κ1) is 15.1. The van der Waals surface area contributed by atoms with Gasteiger partial charge in [-0.25, -0.2) is 0 Å². The summed E-state index contributed by atoms with van der Waals surface area (Å²) in [6.07, 6.45) is 3.50. The average Bonchev–Trinajstić information content (AvgIpc) is 3.13. The summed E-state index contributed by atoms with van der Waals surface area (Å²) < 4.78 is 7.79. The molecule has 1 fully saturated rings. The van der Waals surface area contributed by atoms with Crippen LogP contribution in [0.3, 0.4) is 0 Å². The minimum Gasteiger partial charge on any atom is -0.491 e. The van der Waals surface area contributed by atoms with E-state index in [1.165, 1.54) is 18.4 Å². The number of halogens is 2. The summed E-state index contributed by atoms with van der Waals surface area (Å²) in [5.74, 6) is 0.872. The van der Waals surface area contributed by atoms with Gasteiger partial charge in [0.25, 0.3) is 0 Å². The summed E-state index contributed by atoms with van der Waals surface area (Å²) in [5, 5.41) is 3.51. The maximum Gasteiger partial charge on any atom is 0.147 e. The normalized spacial score (nSPS) is 14.5. The monoisotopic (exact) mass is 387 g/mol. The van der Waals surface area contributed by atoms with Gasteiger partial charge in [0.15, 0.2) is 0 Å². The van der Waals surface area contributed by atoms with E-state index in [9.17, 15) is 0 Å². The molecule has 0 amide bonds. The molecule has 1 saturated carbocycles. The zero-order valence-corrected chi connectivity index (χ0v) is 14.3. The van der Waals surface area contributed by atoms with Gasteiger partial charge in [-0.2, -0.15) is 0 Å². The van der Waals surface area contributed by atoms with Gasteiger partial charge >= 0.3 is 0 Å². The Hall–Kier alpha value is -0.320. The minimum absolute atomic E-state index is 0.659. The van der Waals surface area contributed by atoms with Gasteiger partial charge in [0.2, 0.25) is 0 Å². The van der Waals surface area contributed by atoms with Crippen molar-refractivity contribution in [2.24, 2.45) is 0 Å². The van der Waals surface area contributed by atoms with Crippen molar-refractivity contribution >= 4 is 31.9 Å². The Balaban J connectivity index is 1.96. The lowest BCUT2D eigenvalue weighted by Gasteiger charge is -2.12. The lowest BCUT2D eigenvalue weighted by atomic mass is 10.2. The number of benzene rings is 1. The highest BCUT2D eigenvalue weighted by atomic mass is 79.9. The van der Waals surface area contributed by atoms with Crippen molar-refractivity contribution in [3.8, 4) is 5.75 Å².